The van der Waals surface area contributed by atoms with Crippen LogP contribution in [0, 0.1) is 11.7 Å². The number of aliphatic hydroxyl groups is 1. The van der Waals surface area contributed by atoms with Crippen molar-refractivity contribution in [3.8, 4) is 0 Å². The van der Waals surface area contributed by atoms with Crippen LogP contribution in [0.25, 0.3) is 0 Å². The van der Waals surface area contributed by atoms with Gasteiger partial charge in [0, 0.05) is 17.1 Å². The van der Waals surface area contributed by atoms with Gasteiger partial charge in [0.15, 0.2) is 0 Å². The average molecular weight is 318 g/mol. The van der Waals surface area contributed by atoms with Gasteiger partial charge in [-0.05, 0) is 46.5 Å². The highest BCUT2D eigenvalue weighted by molar-refractivity contribution is 9.10. The Morgan fingerprint density at radius 1 is 1.50 bits per heavy atom. The van der Waals surface area contributed by atoms with E-state index in [2.05, 4.69) is 21.2 Å². The van der Waals surface area contributed by atoms with Gasteiger partial charge >= 0.3 is 0 Å². The molecule has 1 unspecified atom stereocenters. The molecule has 0 saturated heterocycles. The first-order valence-electron chi connectivity index (χ1n) is 5.82. The zero-order valence-electron chi connectivity index (χ0n) is 10.4. The monoisotopic (exact) mass is 317 g/mol. The third kappa shape index (κ3) is 4.07. The lowest BCUT2D eigenvalue weighted by atomic mass is 10.0. The number of carbonyl (C=O) groups excluding carboxylic acids is 1. The molecule has 0 aliphatic heterocycles. The molecular weight excluding hydrogens is 301 g/mol. The van der Waals surface area contributed by atoms with E-state index in [-0.39, 0.29) is 24.5 Å². The fourth-order valence-corrected chi connectivity index (χ4v) is 2.16. The summed E-state index contributed by atoms with van der Waals surface area (Å²) in [5.74, 6) is -0.441. The predicted octanol–water partition coefficient (Wildman–Crippen LogP) is 2.73. The van der Waals surface area contributed by atoms with E-state index in [1.54, 1.807) is 0 Å². The normalized spacial score (nSPS) is 12.6. The number of amides is 1. The van der Waals surface area contributed by atoms with Gasteiger partial charge < -0.3 is 10.4 Å². The largest absolute Gasteiger partial charge is 0.396 e. The van der Waals surface area contributed by atoms with Crippen LogP contribution in [0.3, 0.4) is 0 Å². The molecule has 0 heterocycles. The SMILES string of the molecule is CC(C)C(CCO)NC(=O)c1ccc(F)cc1Br. The fourth-order valence-electron chi connectivity index (χ4n) is 1.63. The second-order valence-electron chi connectivity index (χ2n) is 4.46. The van der Waals surface area contributed by atoms with Gasteiger partial charge in [-0.3, -0.25) is 4.79 Å². The van der Waals surface area contributed by atoms with Crippen LogP contribution < -0.4 is 5.32 Å². The minimum absolute atomic E-state index is 0.0215. The molecule has 1 amide bonds. The minimum Gasteiger partial charge on any atom is -0.396 e. The van der Waals surface area contributed by atoms with E-state index in [9.17, 15) is 9.18 Å². The first-order valence-corrected chi connectivity index (χ1v) is 6.61. The molecule has 1 aromatic rings. The van der Waals surface area contributed by atoms with Crippen LogP contribution in [0.15, 0.2) is 22.7 Å². The molecule has 3 nitrogen and oxygen atoms in total. The Kier molecular flexibility index (Phi) is 5.75. The van der Waals surface area contributed by atoms with Crippen molar-refractivity contribution in [2.45, 2.75) is 26.3 Å². The number of nitrogens with one attached hydrogen (secondary N) is 1. The predicted molar refractivity (Wildman–Crippen MR) is 71.9 cm³/mol. The van der Waals surface area contributed by atoms with Gasteiger partial charge in [0.25, 0.3) is 5.91 Å². The highest BCUT2D eigenvalue weighted by Crippen LogP contribution is 2.18. The summed E-state index contributed by atoms with van der Waals surface area (Å²) in [6.07, 6.45) is 0.502. The van der Waals surface area contributed by atoms with Crippen molar-refractivity contribution >= 4 is 21.8 Å². The van der Waals surface area contributed by atoms with Crippen molar-refractivity contribution in [2.75, 3.05) is 6.61 Å². The third-order valence-corrected chi connectivity index (χ3v) is 3.39. The first-order chi connectivity index (χ1) is 8.45. The summed E-state index contributed by atoms with van der Waals surface area (Å²) in [5.41, 5.74) is 0.389. The molecule has 1 aromatic carbocycles. The number of rotatable bonds is 5. The summed E-state index contributed by atoms with van der Waals surface area (Å²) < 4.78 is 13.4. The Morgan fingerprint density at radius 3 is 2.67 bits per heavy atom. The molecule has 1 rings (SSSR count). The molecule has 1 atom stereocenters. The molecule has 0 aliphatic rings. The van der Waals surface area contributed by atoms with E-state index in [1.165, 1.54) is 18.2 Å². The molecule has 0 bridgehead atoms. The van der Waals surface area contributed by atoms with Crippen molar-refractivity contribution in [3.05, 3.63) is 34.1 Å². The van der Waals surface area contributed by atoms with E-state index in [0.29, 0.717) is 16.5 Å². The first kappa shape index (κ1) is 15.1. The maximum atomic E-state index is 12.9. The summed E-state index contributed by atoms with van der Waals surface area (Å²) in [6.45, 7) is 3.97. The molecule has 18 heavy (non-hydrogen) atoms. The van der Waals surface area contributed by atoms with Crippen molar-refractivity contribution < 1.29 is 14.3 Å². The Morgan fingerprint density at radius 2 is 2.17 bits per heavy atom. The average Bonchev–Trinajstić information content (AvgIpc) is 2.27. The molecule has 0 aliphatic carbocycles. The van der Waals surface area contributed by atoms with Crippen LogP contribution in [0.4, 0.5) is 4.39 Å². The zero-order chi connectivity index (χ0) is 13.7. The second kappa shape index (κ2) is 6.85. The van der Waals surface area contributed by atoms with Gasteiger partial charge in [-0.2, -0.15) is 0 Å². The molecule has 0 radical (unpaired) electrons. The second-order valence-corrected chi connectivity index (χ2v) is 5.31. The summed E-state index contributed by atoms with van der Waals surface area (Å²) in [4.78, 5) is 12.0. The van der Waals surface area contributed by atoms with Crippen LogP contribution in [0.5, 0.6) is 0 Å². The lowest BCUT2D eigenvalue weighted by Crippen LogP contribution is -2.39. The molecule has 0 aromatic heterocycles. The van der Waals surface area contributed by atoms with Crippen molar-refractivity contribution in [2.24, 2.45) is 5.92 Å². The number of hydrogen-bond acceptors (Lipinski definition) is 2. The van der Waals surface area contributed by atoms with Crippen LogP contribution in [0.2, 0.25) is 0 Å². The smallest absolute Gasteiger partial charge is 0.252 e. The van der Waals surface area contributed by atoms with Gasteiger partial charge in [-0.25, -0.2) is 4.39 Å². The van der Waals surface area contributed by atoms with Crippen LogP contribution in [-0.2, 0) is 0 Å². The van der Waals surface area contributed by atoms with E-state index >= 15 is 0 Å². The molecule has 2 N–H and O–H groups in total. The fraction of sp³-hybridized carbons (Fsp3) is 0.462. The third-order valence-electron chi connectivity index (χ3n) is 2.74. The molecule has 0 spiro atoms. The molecule has 100 valence electrons. The van der Waals surface area contributed by atoms with E-state index < -0.39 is 5.82 Å². The summed E-state index contributed by atoms with van der Waals surface area (Å²) in [6, 6.07) is 3.84. The van der Waals surface area contributed by atoms with E-state index in [4.69, 9.17) is 5.11 Å². The maximum absolute atomic E-state index is 12.9. The van der Waals surface area contributed by atoms with E-state index in [0.717, 1.165) is 0 Å². The topological polar surface area (TPSA) is 49.3 Å². The van der Waals surface area contributed by atoms with Gasteiger partial charge in [0.05, 0.1) is 5.56 Å². The quantitative estimate of drug-likeness (QED) is 0.877. The highest BCUT2D eigenvalue weighted by atomic mass is 79.9. The Hall–Kier alpha value is -0.940. The maximum Gasteiger partial charge on any atom is 0.252 e. The number of aliphatic hydroxyl groups excluding tert-OH is 1. The highest BCUT2D eigenvalue weighted by Gasteiger charge is 2.18. The molecule has 0 saturated carbocycles. The number of hydrogen-bond donors (Lipinski definition) is 2. The summed E-state index contributed by atoms with van der Waals surface area (Å²) in [7, 11) is 0. The zero-order valence-corrected chi connectivity index (χ0v) is 12.0. The Bertz CT molecular complexity index is 423. The molecule has 5 heteroatoms. The van der Waals surface area contributed by atoms with Crippen LogP contribution in [-0.4, -0.2) is 23.7 Å². The van der Waals surface area contributed by atoms with E-state index in [1.807, 2.05) is 13.8 Å². The standard InChI is InChI=1S/C13H17BrFNO2/c1-8(2)12(5-6-17)16-13(18)10-4-3-9(15)7-11(10)14/h3-4,7-8,12,17H,5-6H2,1-2H3,(H,16,18). The van der Waals surface area contributed by atoms with Crippen LogP contribution in [0.1, 0.15) is 30.6 Å². The van der Waals surface area contributed by atoms with Crippen molar-refractivity contribution in [1.29, 1.82) is 0 Å². The molecule has 0 fully saturated rings. The number of halogens is 2. The summed E-state index contributed by atoms with van der Waals surface area (Å²) in [5, 5.41) is 11.8. The van der Waals surface area contributed by atoms with Crippen molar-refractivity contribution in [1.82, 2.24) is 5.32 Å². The summed E-state index contributed by atoms with van der Waals surface area (Å²) >= 11 is 3.16. The minimum atomic E-state index is -0.394. The lowest BCUT2D eigenvalue weighted by molar-refractivity contribution is 0.0916. The molecular formula is C13H17BrFNO2. The van der Waals surface area contributed by atoms with Gasteiger partial charge in [0.2, 0.25) is 0 Å². The lowest BCUT2D eigenvalue weighted by Gasteiger charge is -2.21. The van der Waals surface area contributed by atoms with Crippen molar-refractivity contribution in [3.63, 3.8) is 0 Å². The van der Waals surface area contributed by atoms with Gasteiger partial charge in [-0.1, -0.05) is 13.8 Å². The Labute approximate surface area is 115 Å². The van der Waals surface area contributed by atoms with Gasteiger partial charge in [-0.15, -0.1) is 0 Å². The van der Waals surface area contributed by atoms with Crippen LogP contribution >= 0.6 is 15.9 Å². The van der Waals surface area contributed by atoms with Gasteiger partial charge in [0.1, 0.15) is 5.82 Å². The number of benzene rings is 1. The number of carbonyl (C=O) groups is 1. The Balaban J connectivity index is 2.80.